The summed E-state index contributed by atoms with van der Waals surface area (Å²) >= 11 is 0. The van der Waals surface area contributed by atoms with Crippen molar-refractivity contribution in [3.63, 3.8) is 0 Å². The number of carbonyl (C=O) groups excluding carboxylic acids is 2. The largest absolute Gasteiger partial charge is 0.545 e. The lowest BCUT2D eigenvalue weighted by Gasteiger charge is -2.36. The minimum atomic E-state index is -1.48. The van der Waals surface area contributed by atoms with Gasteiger partial charge in [0.2, 0.25) is 0 Å². The first-order valence-electron chi connectivity index (χ1n) is 8.82. The molecule has 146 valence electrons. The normalized spacial score (nSPS) is 19.3. The van der Waals surface area contributed by atoms with Crippen LogP contribution in [0.2, 0.25) is 0 Å². The van der Waals surface area contributed by atoms with Gasteiger partial charge in [-0.25, -0.2) is 0 Å². The highest BCUT2D eigenvalue weighted by Crippen LogP contribution is 2.32. The SMILES string of the molecule is C[C@H]1CN(c2ccc(C(=O)c3ccccc3C(=O)[O-])cc2[N+](=O)[O-])C[C@H](C)O1. The van der Waals surface area contributed by atoms with Crippen molar-refractivity contribution in [2.45, 2.75) is 26.1 Å². The van der Waals surface area contributed by atoms with Crippen molar-refractivity contribution >= 4 is 23.1 Å². The zero-order chi connectivity index (χ0) is 20.4. The van der Waals surface area contributed by atoms with Gasteiger partial charge in [-0.15, -0.1) is 0 Å². The molecule has 8 nitrogen and oxygen atoms in total. The Kier molecular flexibility index (Phi) is 5.41. The van der Waals surface area contributed by atoms with Gasteiger partial charge in [0.1, 0.15) is 5.69 Å². The van der Waals surface area contributed by atoms with Gasteiger partial charge in [-0.2, -0.15) is 0 Å². The van der Waals surface area contributed by atoms with Crippen LogP contribution >= 0.6 is 0 Å². The quantitative estimate of drug-likeness (QED) is 0.439. The number of carbonyl (C=O) groups is 2. The molecule has 2 aromatic carbocycles. The van der Waals surface area contributed by atoms with Gasteiger partial charge in [0.25, 0.3) is 5.69 Å². The molecule has 8 heteroatoms. The minimum Gasteiger partial charge on any atom is -0.545 e. The lowest BCUT2D eigenvalue weighted by atomic mass is 9.97. The fourth-order valence-electron chi connectivity index (χ4n) is 3.47. The number of carboxylic acid groups (broad SMARTS) is 1. The van der Waals surface area contributed by atoms with Gasteiger partial charge < -0.3 is 19.5 Å². The van der Waals surface area contributed by atoms with E-state index in [1.54, 1.807) is 0 Å². The monoisotopic (exact) mass is 383 g/mol. The van der Waals surface area contributed by atoms with Gasteiger partial charge in [0.15, 0.2) is 5.78 Å². The molecule has 0 saturated carbocycles. The summed E-state index contributed by atoms with van der Waals surface area (Å²) in [6.07, 6.45) is -0.167. The second kappa shape index (κ2) is 7.77. The number of aromatic carboxylic acids is 1. The van der Waals surface area contributed by atoms with Crippen molar-refractivity contribution in [3.05, 3.63) is 69.3 Å². The maximum absolute atomic E-state index is 12.8. The van der Waals surface area contributed by atoms with Crippen LogP contribution in [0.15, 0.2) is 42.5 Å². The fourth-order valence-corrected chi connectivity index (χ4v) is 3.47. The predicted octanol–water partition coefficient (Wildman–Crippen LogP) is 1.80. The van der Waals surface area contributed by atoms with Gasteiger partial charge >= 0.3 is 0 Å². The van der Waals surface area contributed by atoms with E-state index in [1.165, 1.54) is 42.5 Å². The van der Waals surface area contributed by atoms with E-state index in [4.69, 9.17) is 4.74 Å². The van der Waals surface area contributed by atoms with E-state index in [0.717, 1.165) is 0 Å². The van der Waals surface area contributed by atoms with Gasteiger partial charge in [-0.1, -0.05) is 24.3 Å². The molecule has 1 saturated heterocycles. The highest BCUT2D eigenvalue weighted by molar-refractivity contribution is 6.14. The number of nitro groups is 1. The number of ether oxygens (including phenoxy) is 1. The predicted molar refractivity (Wildman–Crippen MR) is 99.5 cm³/mol. The molecule has 1 heterocycles. The van der Waals surface area contributed by atoms with Crippen LogP contribution in [0.5, 0.6) is 0 Å². The van der Waals surface area contributed by atoms with Crippen molar-refractivity contribution in [2.75, 3.05) is 18.0 Å². The topological polar surface area (TPSA) is 113 Å². The molecule has 2 atom stereocenters. The number of carboxylic acids is 1. The van der Waals surface area contributed by atoms with Gasteiger partial charge in [-0.05, 0) is 26.0 Å². The van der Waals surface area contributed by atoms with Crippen LogP contribution in [-0.4, -0.2) is 42.0 Å². The van der Waals surface area contributed by atoms with Gasteiger partial charge in [0, 0.05) is 35.8 Å². The Morgan fingerprint density at radius 2 is 1.68 bits per heavy atom. The van der Waals surface area contributed by atoms with Crippen LogP contribution in [0.3, 0.4) is 0 Å². The Morgan fingerprint density at radius 3 is 2.25 bits per heavy atom. The summed E-state index contributed by atoms with van der Waals surface area (Å²) in [6, 6.07) is 9.82. The van der Waals surface area contributed by atoms with Crippen LogP contribution in [-0.2, 0) is 4.74 Å². The van der Waals surface area contributed by atoms with Crippen molar-refractivity contribution < 1.29 is 24.4 Å². The molecule has 1 aliphatic heterocycles. The lowest BCUT2D eigenvalue weighted by molar-refractivity contribution is -0.384. The average molecular weight is 383 g/mol. The summed E-state index contributed by atoms with van der Waals surface area (Å²) in [5.41, 5.74) is -0.0958. The number of nitro benzene ring substituents is 1. The number of hydrogen-bond acceptors (Lipinski definition) is 7. The maximum atomic E-state index is 12.8. The fraction of sp³-hybridized carbons (Fsp3) is 0.300. The third kappa shape index (κ3) is 3.86. The third-order valence-corrected chi connectivity index (χ3v) is 4.59. The van der Waals surface area contributed by atoms with Crippen LogP contribution in [0.4, 0.5) is 11.4 Å². The van der Waals surface area contributed by atoms with Crippen molar-refractivity contribution in [2.24, 2.45) is 0 Å². The smallest absolute Gasteiger partial charge is 0.293 e. The summed E-state index contributed by atoms with van der Waals surface area (Å²) in [7, 11) is 0. The van der Waals surface area contributed by atoms with E-state index in [2.05, 4.69) is 0 Å². The first kappa shape index (κ1) is 19.5. The molecule has 1 fully saturated rings. The molecule has 0 aromatic heterocycles. The van der Waals surface area contributed by atoms with E-state index in [0.29, 0.717) is 18.8 Å². The summed E-state index contributed by atoms with van der Waals surface area (Å²) in [4.78, 5) is 37.0. The Balaban J connectivity index is 2.01. The van der Waals surface area contributed by atoms with Crippen LogP contribution < -0.4 is 10.0 Å². The number of rotatable bonds is 5. The molecule has 0 N–H and O–H groups in total. The molecule has 3 rings (SSSR count). The first-order chi connectivity index (χ1) is 13.3. The minimum absolute atomic E-state index is 0.0403. The van der Waals surface area contributed by atoms with Crippen LogP contribution in [0, 0.1) is 10.1 Å². The lowest BCUT2D eigenvalue weighted by Crippen LogP contribution is -2.45. The zero-order valence-corrected chi connectivity index (χ0v) is 15.5. The molecule has 1 aliphatic rings. The molecule has 0 aliphatic carbocycles. The zero-order valence-electron chi connectivity index (χ0n) is 15.5. The number of morpholine rings is 1. The molecule has 0 spiro atoms. The number of ketones is 1. The number of hydrogen-bond donors (Lipinski definition) is 0. The van der Waals surface area contributed by atoms with Crippen molar-refractivity contribution in [1.29, 1.82) is 0 Å². The van der Waals surface area contributed by atoms with Crippen LogP contribution in [0.25, 0.3) is 0 Å². The molecule has 0 amide bonds. The second-order valence-electron chi connectivity index (χ2n) is 6.79. The maximum Gasteiger partial charge on any atom is 0.293 e. The second-order valence-corrected chi connectivity index (χ2v) is 6.79. The highest BCUT2D eigenvalue weighted by Gasteiger charge is 2.28. The Bertz CT molecular complexity index is 932. The number of nitrogens with zero attached hydrogens (tertiary/aromatic N) is 2. The molecule has 0 unspecified atom stereocenters. The van der Waals surface area contributed by atoms with E-state index < -0.39 is 16.7 Å². The molecular formula is C20H19N2O6-. The van der Waals surface area contributed by atoms with Crippen molar-refractivity contribution in [1.82, 2.24) is 0 Å². The Morgan fingerprint density at radius 1 is 1.07 bits per heavy atom. The summed E-state index contributed by atoms with van der Waals surface area (Å²) in [6.45, 7) is 4.77. The molecule has 2 aromatic rings. The van der Waals surface area contributed by atoms with Gasteiger partial charge in [0.05, 0.1) is 23.1 Å². The molecular weight excluding hydrogens is 364 g/mol. The summed E-state index contributed by atoms with van der Waals surface area (Å²) < 4.78 is 5.67. The summed E-state index contributed by atoms with van der Waals surface area (Å²) in [5.74, 6) is -2.09. The van der Waals surface area contributed by atoms with Crippen molar-refractivity contribution in [3.8, 4) is 0 Å². The number of benzene rings is 2. The van der Waals surface area contributed by atoms with Gasteiger partial charge in [-0.3, -0.25) is 14.9 Å². The Hall–Kier alpha value is -3.26. The van der Waals surface area contributed by atoms with E-state index in [-0.39, 0.29) is 34.6 Å². The highest BCUT2D eigenvalue weighted by atomic mass is 16.6. The molecule has 0 radical (unpaired) electrons. The van der Waals surface area contributed by atoms with Crippen LogP contribution in [0.1, 0.15) is 40.1 Å². The summed E-state index contributed by atoms with van der Waals surface area (Å²) in [5, 5.41) is 22.9. The third-order valence-electron chi connectivity index (χ3n) is 4.59. The molecule has 0 bridgehead atoms. The standard InChI is InChI=1S/C20H20N2O6/c1-12-10-21(11-13(2)28-12)17-8-7-14(9-18(17)22(26)27)19(23)15-5-3-4-6-16(15)20(24)25/h3-9,12-13H,10-11H2,1-2H3,(H,24,25)/p-1/t12-,13-/m0/s1. The average Bonchev–Trinajstić information content (AvgIpc) is 2.66. The van der Waals surface area contributed by atoms with E-state index >= 15 is 0 Å². The van der Waals surface area contributed by atoms with E-state index in [9.17, 15) is 24.8 Å². The first-order valence-corrected chi connectivity index (χ1v) is 8.82. The number of anilines is 1. The Labute approximate surface area is 161 Å². The van der Waals surface area contributed by atoms with E-state index in [1.807, 2.05) is 18.7 Å². The molecule has 28 heavy (non-hydrogen) atoms.